The van der Waals surface area contributed by atoms with E-state index >= 15 is 0 Å². The third-order valence-electron chi connectivity index (χ3n) is 7.16. The number of hydrogen-bond donors (Lipinski definition) is 0. The topological polar surface area (TPSA) is 37.2 Å². The highest BCUT2D eigenvalue weighted by molar-refractivity contribution is 14.1. The Kier molecular flexibility index (Phi) is 6.75. The maximum absolute atomic E-state index is 14.7. The van der Waals surface area contributed by atoms with Crippen LogP contribution in [0.5, 0.6) is 0 Å². The molecule has 2 aromatic heterocycles. The van der Waals surface area contributed by atoms with Gasteiger partial charge in [-0.15, -0.1) is 0 Å². The van der Waals surface area contributed by atoms with E-state index in [9.17, 15) is 4.39 Å². The van der Waals surface area contributed by atoms with Crippen molar-refractivity contribution in [2.75, 3.05) is 18.0 Å². The molecule has 1 saturated carbocycles. The molecule has 0 spiro atoms. The molecule has 0 saturated heterocycles. The molecule has 6 rings (SSSR count). The van der Waals surface area contributed by atoms with E-state index in [1.54, 1.807) is 12.4 Å². The van der Waals surface area contributed by atoms with E-state index < -0.39 is 0 Å². The summed E-state index contributed by atoms with van der Waals surface area (Å²) in [4.78, 5) is 14.1. The van der Waals surface area contributed by atoms with Gasteiger partial charge in [0.05, 0.1) is 5.39 Å². The lowest BCUT2D eigenvalue weighted by Crippen LogP contribution is -2.29. The summed E-state index contributed by atoms with van der Waals surface area (Å²) in [6.07, 6.45) is 9.44. The summed E-state index contributed by atoms with van der Waals surface area (Å²) < 4.78 is 17.8. The van der Waals surface area contributed by atoms with Crippen LogP contribution in [0.1, 0.15) is 30.4 Å². The van der Waals surface area contributed by atoms with Crippen molar-refractivity contribution >= 4 is 39.4 Å². The van der Waals surface area contributed by atoms with Crippen molar-refractivity contribution in [3.63, 3.8) is 0 Å². The first kappa shape index (κ1) is 23.6. The molecule has 2 aromatic carbocycles. The molecule has 36 heavy (non-hydrogen) atoms. The van der Waals surface area contributed by atoms with Gasteiger partial charge in [-0.25, -0.2) is 14.4 Å². The highest BCUT2D eigenvalue weighted by Crippen LogP contribution is 2.36. The Bertz CT molecular complexity index is 1400. The number of anilines is 1. The fourth-order valence-corrected chi connectivity index (χ4v) is 5.50. The highest BCUT2D eigenvalue weighted by atomic mass is 127. The largest absolute Gasteiger partial charge is 0.349 e. The van der Waals surface area contributed by atoms with Crippen LogP contribution in [0.3, 0.4) is 0 Å². The highest BCUT2D eigenvalue weighted by Gasteiger charge is 2.32. The van der Waals surface area contributed by atoms with Crippen LogP contribution in [-0.4, -0.2) is 38.6 Å². The Hall–Kier alpha value is -2.78. The molecule has 1 aliphatic carbocycles. The van der Waals surface area contributed by atoms with Gasteiger partial charge in [0.2, 0.25) is 0 Å². The van der Waals surface area contributed by atoms with Gasteiger partial charge >= 0.3 is 0 Å². The quantitative estimate of drug-likeness (QED) is 0.181. The number of rotatable bonds is 8. The molecule has 0 unspecified atom stereocenters. The standard InChI is InChI=1S/C29H29FIN5/c30-27-16-24(31)7-6-23(27)19-36(25-8-9-25)29-26-12-15-35(28(26)32-20-33-29)18-22-10-13-34(14-11-22)17-21-4-2-1-3-5-21/h1-7,10,12,15-16,20,25H,8-9,11,13-14,17-19H2. The summed E-state index contributed by atoms with van der Waals surface area (Å²) in [5.41, 5.74) is 4.46. The Morgan fingerprint density at radius 2 is 1.89 bits per heavy atom. The van der Waals surface area contributed by atoms with E-state index in [2.05, 4.69) is 95.6 Å². The van der Waals surface area contributed by atoms with Crippen LogP contribution in [0.15, 0.2) is 78.8 Å². The van der Waals surface area contributed by atoms with Gasteiger partial charge in [0.25, 0.3) is 0 Å². The Balaban J connectivity index is 1.20. The maximum Gasteiger partial charge on any atom is 0.145 e. The van der Waals surface area contributed by atoms with Crippen molar-refractivity contribution in [3.05, 3.63) is 99.3 Å². The fraction of sp³-hybridized carbons (Fsp3) is 0.310. The molecule has 1 aliphatic heterocycles. The van der Waals surface area contributed by atoms with Crippen molar-refractivity contribution in [1.82, 2.24) is 19.4 Å². The predicted octanol–water partition coefficient (Wildman–Crippen LogP) is 6.18. The van der Waals surface area contributed by atoms with Crippen LogP contribution in [0, 0.1) is 9.39 Å². The Morgan fingerprint density at radius 3 is 2.64 bits per heavy atom. The normalized spacial score (nSPS) is 16.3. The summed E-state index contributed by atoms with van der Waals surface area (Å²) in [6, 6.07) is 18.7. The van der Waals surface area contributed by atoms with Gasteiger partial charge in [-0.1, -0.05) is 48.0 Å². The summed E-state index contributed by atoms with van der Waals surface area (Å²) >= 11 is 2.15. The van der Waals surface area contributed by atoms with Gasteiger partial charge in [-0.3, -0.25) is 4.90 Å². The first-order valence-electron chi connectivity index (χ1n) is 12.6. The van der Waals surface area contributed by atoms with Crippen molar-refractivity contribution in [3.8, 4) is 0 Å². The molecule has 0 N–H and O–H groups in total. The summed E-state index contributed by atoms with van der Waals surface area (Å²) in [5, 5.41) is 1.04. The van der Waals surface area contributed by atoms with Crippen molar-refractivity contribution in [2.24, 2.45) is 0 Å². The van der Waals surface area contributed by atoms with Gasteiger partial charge in [-0.05, 0) is 65.6 Å². The lowest BCUT2D eigenvalue weighted by molar-refractivity contribution is 0.283. The number of nitrogens with zero attached hydrogens (tertiary/aromatic N) is 5. The second-order valence-electron chi connectivity index (χ2n) is 9.81. The molecule has 0 amide bonds. The van der Waals surface area contributed by atoms with Gasteiger partial charge < -0.3 is 9.47 Å². The van der Waals surface area contributed by atoms with E-state index in [4.69, 9.17) is 0 Å². The van der Waals surface area contributed by atoms with Gasteiger partial charge in [0, 0.05) is 54.1 Å². The number of benzene rings is 2. The summed E-state index contributed by atoms with van der Waals surface area (Å²) in [6.45, 7) is 4.39. The van der Waals surface area contributed by atoms with Crippen LogP contribution in [0.25, 0.3) is 11.0 Å². The average Bonchev–Trinajstić information content (AvgIpc) is 3.66. The fourth-order valence-electron chi connectivity index (χ4n) is 5.04. The van der Waals surface area contributed by atoms with E-state index in [1.165, 1.54) is 11.1 Å². The molecule has 4 aromatic rings. The van der Waals surface area contributed by atoms with E-state index in [0.29, 0.717) is 18.2 Å². The maximum atomic E-state index is 14.7. The average molecular weight is 593 g/mol. The summed E-state index contributed by atoms with van der Waals surface area (Å²) in [7, 11) is 0. The number of halogens is 2. The third kappa shape index (κ3) is 5.18. The smallest absolute Gasteiger partial charge is 0.145 e. The molecule has 5 nitrogen and oxygen atoms in total. The van der Waals surface area contributed by atoms with Gasteiger partial charge in [0.15, 0.2) is 0 Å². The van der Waals surface area contributed by atoms with Crippen molar-refractivity contribution in [2.45, 2.75) is 44.9 Å². The Morgan fingerprint density at radius 1 is 1.03 bits per heavy atom. The molecule has 0 bridgehead atoms. The van der Waals surface area contributed by atoms with Gasteiger partial charge in [-0.2, -0.15) is 0 Å². The van der Waals surface area contributed by atoms with Crippen LogP contribution in [0.2, 0.25) is 0 Å². The molecular weight excluding hydrogens is 564 g/mol. The zero-order valence-corrected chi connectivity index (χ0v) is 22.3. The van der Waals surface area contributed by atoms with E-state index in [1.807, 2.05) is 12.1 Å². The molecule has 7 heteroatoms. The summed E-state index contributed by atoms with van der Waals surface area (Å²) in [5.74, 6) is 0.756. The molecule has 0 atom stereocenters. The zero-order valence-electron chi connectivity index (χ0n) is 20.2. The molecule has 2 aliphatic rings. The van der Waals surface area contributed by atoms with E-state index in [-0.39, 0.29) is 5.82 Å². The first-order valence-corrected chi connectivity index (χ1v) is 13.7. The predicted molar refractivity (Wildman–Crippen MR) is 150 cm³/mol. The lowest BCUT2D eigenvalue weighted by atomic mass is 10.1. The van der Waals surface area contributed by atoms with Crippen molar-refractivity contribution < 1.29 is 4.39 Å². The van der Waals surface area contributed by atoms with Crippen LogP contribution in [-0.2, 0) is 19.6 Å². The second kappa shape index (κ2) is 10.3. The second-order valence-corrected chi connectivity index (χ2v) is 11.1. The minimum atomic E-state index is -0.152. The van der Waals surface area contributed by atoms with E-state index in [0.717, 1.165) is 65.9 Å². The molecule has 184 valence electrons. The number of hydrogen-bond acceptors (Lipinski definition) is 4. The SMILES string of the molecule is Fc1cc(I)ccc1CN(c1ncnc2c1ccn2CC1=CCN(Cc2ccccc2)CC1)C1CC1. The number of aromatic nitrogens is 3. The molecular formula is C29H29FIN5. The number of fused-ring (bicyclic) bond motifs is 1. The third-order valence-corrected chi connectivity index (χ3v) is 7.83. The van der Waals surface area contributed by atoms with Crippen molar-refractivity contribution in [1.29, 1.82) is 0 Å². The minimum Gasteiger partial charge on any atom is -0.349 e. The van der Waals surface area contributed by atoms with Gasteiger partial charge in [0.1, 0.15) is 23.6 Å². The monoisotopic (exact) mass is 593 g/mol. The van der Waals surface area contributed by atoms with Crippen LogP contribution in [0.4, 0.5) is 10.2 Å². The zero-order chi connectivity index (χ0) is 24.5. The molecule has 3 heterocycles. The minimum absolute atomic E-state index is 0.152. The first-order chi connectivity index (χ1) is 17.6. The van der Waals surface area contributed by atoms with Crippen LogP contribution < -0.4 is 4.90 Å². The Labute approximate surface area is 224 Å². The molecule has 1 fully saturated rings. The molecule has 0 radical (unpaired) electrons. The lowest BCUT2D eigenvalue weighted by Gasteiger charge is -2.27. The van der Waals surface area contributed by atoms with Crippen LogP contribution >= 0.6 is 22.6 Å².